The Labute approximate surface area is 102 Å². The second-order valence-electron chi connectivity index (χ2n) is 4.12. The number of rotatable bonds is 5. The summed E-state index contributed by atoms with van der Waals surface area (Å²) in [6, 6.07) is 6.85. The Hall–Kier alpha value is -1.11. The van der Waals surface area contributed by atoms with Crippen LogP contribution in [0.3, 0.4) is 0 Å². The van der Waals surface area contributed by atoms with E-state index < -0.39 is 10.2 Å². The molecule has 0 fully saturated rings. The van der Waals surface area contributed by atoms with Gasteiger partial charge in [0, 0.05) is 6.04 Å². The Morgan fingerprint density at radius 1 is 1.18 bits per heavy atom. The van der Waals surface area contributed by atoms with Crippen LogP contribution in [0.25, 0.3) is 0 Å². The minimum atomic E-state index is -3.68. The Morgan fingerprint density at radius 2 is 1.71 bits per heavy atom. The summed E-state index contributed by atoms with van der Waals surface area (Å²) < 4.78 is 29.5. The van der Waals surface area contributed by atoms with Gasteiger partial charge in [-0.25, -0.2) is 5.14 Å². The normalized spacial score (nSPS) is 13.7. The number of nitrogens with one attached hydrogen (secondary N) is 1. The van der Waals surface area contributed by atoms with Crippen LogP contribution < -0.4 is 14.6 Å². The largest absolute Gasteiger partial charge is 0.491 e. The molecule has 0 bridgehead atoms. The summed E-state index contributed by atoms with van der Waals surface area (Å²) in [4.78, 5) is 0. The lowest BCUT2D eigenvalue weighted by Crippen LogP contribution is -2.32. The van der Waals surface area contributed by atoms with Gasteiger partial charge in [-0.05, 0) is 38.5 Å². The highest BCUT2D eigenvalue weighted by molar-refractivity contribution is 7.87. The average Bonchev–Trinajstić information content (AvgIpc) is 2.15. The summed E-state index contributed by atoms with van der Waals surface area (Å²) in [6.07, 6.45) is 0.112. The molecule has 96 valence electrons. The fourth-order valence-electron chi connectivity index (χ4n) is 1.42. The van der Waals surface area contributed by atoms with Gasteiger partial charge >= 0.3 is 0 Å². The van der Waals surface area contributed by atoms with Crippen LogP contribution in [-0.2, 0) is 10.2 Å². The molecule has 0 spiro atoms. The van der Waals surface area contributed by atoms with Crippen molar-refractivity contribution in [3.8, 4) is 5.75 Å². The van der Waals surface area contributed by atoms with E-state index in [1.54, 1.807) is 31.2 Å². The lowest BCUT2D eigenvalue weighted by Gasteiger charge is -2.14. The van der Waals surface area contributed by atoms with Crippen molar-refractivity contribution in [2.24, 2.45) is 5.14 Å². The van der Waals surface area contributed by atoms with E-state index in [0.29, 0.717) is 0 Å². The lowest BCUT2D eigenvalue weighted by molar-refractivity contribution is 0.242. The summed E-state index contributed by atoms with van der Waals surface area (Å²) in [6.45, 7) is 5.61. The van der Waals surface area contributed by atoms with Crippen molar-refractivity contribution < 1.29 is 13.2 Å². The molecule has 1 atom stereocenters. The third-order valence-corrected chi connectivity index (χ3v) is 2.78. The fraction of sp³-hybridized carbons (Fsp3) is 0.455. The predicted molar refractivity (Wildman–Crippen MR) is 66.9 cm³/mol. The topological polar surface area (TPSA) is 81.4 Å². The zero-order valence-corrected chi connectivity index (χ0v) is 11.0. The molecular formula is C11H18N2O3S. The molecule has 1 aromatic carbocycles. The Morgan fingerprint density at radius 3 is 2.12 bits per heavy atom. The zero-order valence-electron chi connectivity index (χ0n) is 10.2. The van der Waals surface area contributed by atoms with Crippen molar-refractivity contribution in [1.29, 1.82) is 0 Å². The Balaban J connectivity index is 2.73. The second-order valence-corrected chi connectivity index (χ2v) is 5.45. The number of nitrogens with two attached hydrogens (primary N) is 1. The monoisotopic (exact) mass is 258 g/mol. The molecule has 0 radical (unpaired) electrons. The van der Waals surface area contributed by atoms with Gasteiger partial charge in [-0.1, -0.05) is 12.1 Å². The number of hydrogen-bond donors (Lipinski definition) is 2. The van der Waals surface area contributed by atoms with Gasteiger partial charge < -0.3 is 4.74 Å². The van der Waals surface area contributed by atoms with Gasteiger partial charge in [-0.3, -0.25) is 0 Å². The standard InChI is InChI=1S/C11H18N2O3S/c1-8(2)16-11-6-4-10(5-7-11)9(3)13-17(12,14)15/h4-9,13H,1-3H3,(H2,12,14,15). The van der Waals surface area contributed by atoms with Gasteiger partial charge in [0.1, 0.15) is 5.75 Å². The number of benzene rings is 1. The molecule has 1 aromatic rings. The molecular weight excluding hydrogens is 240 g/mol. The molecule has 0 aliphatic carbocycles. The highest BCUT2D eigenvalue weighted by Gasteiger charge is 2.11. The quantitative estimate of drug-likeness (QED) is 0.836. The van der Waals surface area contributed by atoms with Crippen molar-refractivity contribution >= 4 is 10.2 Å². The Kier molecular flexibility index (Phi) is 4.50. The molecule has 0 aliphatic rings. The van der Waals surface area contributed by atoms with Crippen molar-refractivity contribution in [1.82, 2.24) is 4.72 Å². The third-order valence-electron chi connectivity index (χ3n) is 2.09. The highest BCUT2D eigenvalue weighted by atomic mass is 32.2. The maximum atomic E-state index is 10.9. The average molecular weight is 258 g/mol. The molecule has 0 saturated carbocycles. The van der Waals surface area contributed by atoms with Crippen molar-refractivity contribution in [2.45, 2.75) is 32.9 Å². The molecule has 3 N–H and O–H groups in total. The molecule has 0 heterocycles. The van der Waals surface area contributed by atoms with Gasteiger partial charge in [-0.15, -0.1) is 0 Å². The van der Waals surface area contributed by atoms with Crippen LogP contribution >= 0.6 is 0 Å². The first-order valence-corrected chi connectivity index (χ1v) is 6.89. The maximum Gasteiger partial charge on any atom is 0.274 e. The van der Waals surface area contributed by atoms with E-state index >= 15 is 0 Å². The molecule has 5 nitrogen and oxygen atoms in total. The van der Waals surface area contributed by atoms with E-state index in [0.717, 1.165) is 11.3 Å². The van der Waals surface area contributed by atoms with Gasteiger partial charge in [0.05, 0.1) is 6.10 Å². The number of hydrogen-bond acceptors (Lipinski definition) is 3. The minimum Gasteiger partial charge on any atom is -0.491 e. The van der Waals surface area contributed by atoms with Crippen LogP contribution in [0.4, 0.5) is 0 Å². The van der Waals surface area contributed by atoms with E-state index in [9.17, 15) is 8.42 Å². The van der Waals surface area contributed by atoms with Gasteiger partial charge in [0.25, 0.3) is 10.2 Å². The third kappa shape index (κ3) is 5.16. The van der Waals surface area contributed by atoms with Crippen molar-refractivity contribution in [3.05, 3.63) is 29.8 Å². The first kappa shape index (κ1) is 14.0. The van der Waals surface area contributed by atoms with Gasteiger partial charge in [0.2, 0.25) is 0 Å². The Bertz CT molecular complexity index is 454. The highest BCUT2D eigenvalue weighted by Crippen LogP contribution is 2.18. The molecule has 1 rings (SSSR count). The van der Waals surface area contributed by atoms with Gasteiger partial charge in [-0.2, -0.15) is 13.1 Å². The van der Waals surface area contributed by atoms with E-state index in [1.807, 2.05) is 13.8 Å². The van der Waals surface area contributed by atoms with Gasteiger partial charge in [0.15, 0.2) is 0 Å². The van der Waals surface area contributed by atoms with Crippen molar-refractivity contribution in [2.75, 3.05) is 0 Å². The van der Waals surface area contributed by atoms with Crippen molar-refractivity contribution in [3.63, 3.8) is 0 Å². The molecule has 17 heavy (non-hydrogen) atoms. The second kappa shape index (κ2) is 5.48. The first-order chi connectivity index (χ1) is 7.78. The van der Waals surface area contributed by atoms with E-state index in [4.69, 9.17) is 9.88 Å². The van der Waals surface area contributed by atoms with Crippen LogP contribution in [0.2, 0.25) is 0 Å². The lowest BCUT2D eigenvalue weighted by atomic mass is 10.1. The molecule has 6 heteroatoms. The maximum absolute atomic E-state index is 10.9. The smallest absolute Gasteiger partial charge is 0.274 e. The SMILES string of the molecule is CC(C)Oc1ccc(C(C)NS(N)(=O)=O)cc1. The predicted octanol–water partition coefficient (Wildman–Crippen LogP) is 1.33. The molecule has 0 aliphatic heterocycles. The van der Waals surface area contributed by atoms with Crippen LogP contribution in [0.15, 0.2) is 24.3 Å². The summed E-state index contributed by atoms with van der Waals surface area (Å²) in [5, 5.41) is 4.91. The van der Waals surface area contributed by atoms with Crippen LogP contribution in [0.5, 0.6) is 5.75 Å². The van der Waals surface area contributed by atoms with Crippen LogP contribution in [0.1, 0.15) is 32.4 Å². The molecule has 0 saturated heterocycles. The molecule has 1 unspecified atom stereocenters. The zero-order chi connectivity index (χ0) is 13.1. The van der Waals surface area contributed by atoms with Crippen LogP contribution in [0, 0.1) is 0 Å². The number of ether oxygens (including phenoxy) is 1. The van der Waals surface area contributed by atoms with E-state index in [2.05, 4.69) is 4.72 Å². The molecule has 0 aromatic heterocycles. The summed E-state index contributed by atoms with van der Waals surface area (Å²) in [5.74, 6) is 0.756. The fourth-order valence-corrected chi connectivity index (χ4v) is 2.05. The first-order valence-electron chi connectivity index (χ1n) is 5.34. The summed E-state index contributed by atoms with van der Waals surface area (Å²) in [7, 11) is -3.68. The van der Waals surface area contributed by atoms with E-state index in [1.165, 1.54) is 0 Å². The summed E-state index contributed by atoms with van der Waals surface area (Å²) >= 11 is 0. The molecule has 0 amide bonds. The minimum absolute atomic E-state index is 0.112. The van der Waals surface area contributed by atoms with Crippen LogP contribution in [-0.4, -0.2) is 14.5 Å². The van der Waals surface area contributed by atoms with E-state index in [-0.39, 0.29) is 12.1 Å². The summed E-state index contributed by atoms with van der Waals surface area (Å²) in [5.41, 5.74) is 0.829.